The molecule has 2 atom stereocenters. The number of likely N-dealkylation sites (N-methyl/N-ethyl adjacent to an activating group) is 1. The van der Waals surface area contributed by atoms with Gasteiger partial charge < -0.3 is 0 Å². The van der Waals surface area contributed by atoms with Crippen LogP contribution in [-0.2, 0) is 0 Å². The van der Waals surface area contributed by atoms with Gasteiger partial charge in [0.1, 0.15) is 0 Å². The summed E-state index contributed by atoms with van der Waals surface area (Å²) >= 11 is 0. The van der Waals surface area contributed by atoms with Crippen LogP contribution in [0, 0.1) is 5.92 Å². The van der Waals surface area contributed by atoms with Crippen molar-refractivity contribution in [1.29, 1.82) is 0 Å². The van der Waals surface area contributed by atoms with Crippen molar-refractivity contribution in [2.24, 2.45) is 10.9 Å². The minimum absolute atomic E-state index is 0.539. The van der Waals surface area contributed by atoms with Gasteiger partial charge in [-0.05, 0) is 19.7 Å². The normalized spacial score (nSPS) is 29.8. The highest BCUT2D eigenvalue weighted by atomic mass is 15.1. The summed E-state index contributed by atoms with van der Waals surface area (Å²) in [6, 6.07) is 0.539. The Balaban J connectivity index is 2.58. The topological polar surface area (TPSA) is 15.6 Å². The van der Waals surface area contributed by atoms with Crippen LogP contribution in [0.5, 0.6) is 0 Å². The molecule has 2 nitrogen and oxygen atoms in total. The lowest BCUT2D eigenvalue weighted by Gasteiger charge is -2.28. The lowest BCUT2D eigenvalue weighted by Crippen LogP contribution is -2.36. The SMILES string of the molecule is CCN(C)C1C=CN=CC1C. The fourth-order valence-corrected chi connectivity index (χ4v) is 1.35. The van der Waals surface area contributed by atoms with Gasteiger partial charge in [0.15, 0.2) is 0 Å². The number of hydrogen-bond acceptors (Lipinski definition) is 2. The minimum Gasteiger partial charge on any atom is -0.300 e. The Bertz CT molecular complexity index is 172. The second-order valence-electron chi connectivity index (χ2n) is 3.06. The van der Waals surface area contributed by atoms with Crippen molar-refractivity contribution in [2.75, 3.05) is 13.6 Å². The summed E-state index contributed by atoms with van der Waals surface area (Å²) in [6.45, 7) is 5.46. The number of aliphatic imine (C=N–C) groups is 1. The van der Waals surface area contributed by atoms with Crippen molar-refractivity contribution in [3.05, 3.63) is 12.3 Å². The van der Waals surface area contributed by atoms with E-state index in [4.69, 9.17) is 0 Å². The van der Waals surface area contributed by atoms with Gasteiger partial charge in [-0.15, -0.1) is 0 Å². The van der Waals surface area contributed by atoms with E-state index in [0.717, 1.165) is 6.54 Å². The molecule has 0 N–H and O–H groups in total. The second kappa shape index (κ2) is 3.67. The molecule has 0 aliphatic carbocycles. The first kappa shape index (κ1) is 8.47. The van der Waals surface area contributed by atoms with E-state index in [9.17, 15) is 0 Å². The largest absolute Gasteiger partial charge is 0.300 e. The van der Waals surface area contributed by atoms with E-state index in [0.29, 0.717) is 12.0 Å². The first-order valence-corrected chi connectivity index (χ1v) is 4.16. The van der Waals surface area contributed by atoms with E-state index < -0.39 is 0 Å². The maximum atomic E-state index is 4.09. The highest BCUT2D eigenvalue weighted by Gasteiger charge is 2.17. The number of rotatable bonds is 2. The average Bonchev–Trinajstić information content (AvgIpc) is 2.04. The molecule has 0 amide bonds. The molecule has 62 valence electrons. The predicted octanol–water partition coefficient (Wildman–Crippen LogP) is 1.54. The van der Waals surface area contributed by atoms with Crippen LogP contribution in [-0.4, -0.2) is 30.7 Å². The third kappa shape index (κ3) is 1.90. The van der Waals surface area contributed by atoms with E-state index in [1.807, 2.05) is 12.4 Å². The van der Waals surface area contributed by atoms with Crippen LogP contribution in [0.15, 0.2) is 17.3 Å². The first-order chi connectivity index (χ1) is 5.25. The smallest absolute Gasteiger partial charge is 0.0367 e. The zero-order valence-electron chi connectivity index (χ0n) is 7.49. The Hall–Kier alpha value is -0.630. The van der Waals surface area contributed by atoms with Gasteiger partial charge in [-0.1, -0.05) is 13.8 Å². The van der Waals surface area contributed by atoms with Crippen molar-refractivity contribution in [1.82, 2.24) is 4.90 Å². The molecule has 1 heterocycles. The summed E-state index contributed by atoms with van der Waals surface area (Å²) in [5.74, 6) is 0.546. The number of nitrogens with zero attached hydrogens (tertiary/aromatic N) is 2. The standard InChI is InChI=1S/C9H16N2/c1-4-11(3)9-5-6-10-7-8(9)2/h5-9H,4H2,1-3H3. The van der Waals surface area contributed by atoms with E-state index in [-0.39, 0.29) is 0 Å². The van der Waals surface area contributed by atoms with E-state index >= 15 is 0 Å². The average molecular weight is 152 g/mol. The number of hydrogen-bond donors (Lipinski definition) is 0. The zero-order valence-corrected chi connectivity index (χ0v) is 7.49. The molecule has 0 aromatic carbocycles. The molecule has 2 unspecified atom stereocenters. The highest BCUT2D eigenvalue weighted by molar-refractivity contribution is 5.64. The molecule has 0 bridgehead atoms. The van der Waals surface area contributed by atoms with E-state index in [1.165, 1.54) is 0 Å². The van der Waals surface area contributed by atoms with Gasteiger partial charge in [0.25, 0.3) is 0 Å². The maximum Gasteiger partial charge on any atom is 0.0367 e. The van der Waals surface area contributed by atoms with Gasteiger partial charge in [-0.25, -0.2) is 0 Å². The third-order valence-electron chi connectivity index (χ3n) is 2.24. The summed E-state index contributed by atoms with van der Waals surface area (Å²) in [5, 5.41) is 0. The highest BCUT2D eigenvalue weighted by Crippen LogP contribution is 2.12. The van der Waals surface area contributed by atoms with Crippen LogP contribution < -0.4 is 0 Å². The maximum absolute atomic E-state index is 4.09. The quantitative estimate of drug-likeness (QED) is 0.586. The third-order valence-corrected chi connectivity index (χ3v) is 2.24. The first-order valence-electron chi connectivity index (χ1n) is 4.16. The van der Waals surface area contributed by atoms with Gasteiger partial charge in [0.05, 0.1) is 0 Å². The van der Waals surface area contributed by atoms with Crippen LogP contribution in [0.2, 0.25) is 0 Å². The lowest BCUT2D eigenvalue weighted by molar-refractivity contribution is 0.266. The zero-order chi connectivity index (χ0) is 8.27. The molecule has 0 radical (unpaired) electrons. The van der Waals surface area contributed by atoms with Crippen LogP contribution >= 0.6 is 0 Å². The molecular weight excluding hydrogens is 136 g/mol. The van der Waals surface area contributed by atoms with Crippen LogP contribution in [0.4, 0.5) is 0 Å². The van der Waals surface area contributed by atoms with Crippen molar-refractivity contribution in [2.45, 2.75) is 19.9 Å². The molecule has 0 saturated heterocycles. The molecule has 0 aromatic heterocycles. The Kier molecular flexibility index (Phi) is 2.83. The summed E-state index contributed by atoms with van der Waals surface area (Å²) < 4.78 is 0. The van der Waals surface area contributed by atoms with Gasteiger partial charge in [0, 0.05) is 24.4 Å². The van der Waals surface area contributed by atoms with Crippen LogP contribution in [0.3, 0.4) is 0 Å². The molecular formula is C9H16N2. The molecule has 0 spiro atoms. The fourth-order valence-electron chi connectivity index (χ4n) is 1.35. The molecule has 0 aromatic rings. The van der Waals surface area contributed by atoms with E-state index in [2.05, 4.69) is 36.9 Å². The molecule has 1 aliphatic heterocycles. The second-order valence-corrected chi connectivity index (χ2v) is 3.06. The molecule has 2 heteroatoms. The Morgan fingerprint density at radius 3 is 2.82 bits per heavy atom. The minimum atomic E-state index is 0.539. The van der Waals surface area contributed by atoms with Crippen LogP contribution in [0.1, 0.15) is 13.8 Å². The summed E-state index contributed by atoms with van der Waals surface area (Å²) in [4.78, 5) is 6.42. The monoisotopic (exact) mass is 152 g/mol. The molecule has 0 fully saturated rings. The Labute approximate surface area is 68.6 Å². The fraction of sp³-hybridized carbons (Fsp3) is 0.667. The summed E-state index contributed by atoms with van der Waals surface area (Å²) in [7, 11) is 2.14. The molecule has 1 aliphatic rings. The molecule has 11 heavy (non-hydrogen) atoms. The molecule has 1 rings (SSSR count). The van der Waals surface area contributed by atoms with Crippen molar-refractivity contribution in [3.63, 3.8) is 0 Å². The van der Waals surface area contributed by atoms with Crippen molar-refractivity contribution < 1.29 is 0 Å². The Morgan fingerprint density at radius 2 is 2.27 bits per heavy atom. The predicted molar refractivity (Wildman–Crippen MR) is 48.9 cm³/mol. The Morgan fingerprint density at radius 1 is 1.55 bits per heavy atom. The van der Waals surface area contributed by atoms with Gasteiger partial charge in [0.2, 0.25) is 0 Å². The van der Waals surface area contributed by atoms with Gasteiger partial charge in [-0.3, -0.25) is 9.89 Å². The van der Waals surface area contributed by atoms with Crippen LogP contribution in [0.25, 0.3) is 0 Å². The summed E-state index contributed by atoms with van der Waals surface area (Å²) in [5.41, 5.74) is 0. The lowest BCUT2D eigenvalue weighted by atomic mass is 10.0. The summed E-state index contributed by atoms with van der Waals surface area (Å²) in [6.07, 6.45) is 6.06. The van der Waals surface area contributed by atoms with Crippen molar-refractivity contribution >= 4 is 6.21 Å². The van der Waals surface area contributed by atoms with Crippen molar-refractivity contribution in [3.8, 4) is 0 Å². The van der Waals surface area contributed by atoms with Gasteiger partial charge >= 0.3 is 0 Å². The van der Waals surface area contributed by atoms with E-state index in [1.54, 1.807) is 0 Å². The van der Waals surface area contributed by atoms with Gasteiger partial charge in [-0.2, -0.15) is 0 Å². The molecule has 0 saturated carbocycles.